The lowest BCUT2D eigenvalue weighted by Gasteiger charge is -2.28. The average Bonchev–Trinajstić information content (AvgIpc) is 3.01. The smallest absolute Gasteiger partial charge is 0.0431 e. The Bertz CT molecular complexity index is 610. The summed E-state index contributed by atoms with van der Waals surface area (Å²) in [5.74, 6) is 1.49. The Hall–Kier alpha value is -1.64. The van der Waals surface area contributed by atoms with Gasteiger partial charge in [0.15, 0.2) is 0 Å². The summed E-state index contributed by atoms with van der Waals surface area (Å²) < 4.78 is 0. The fourth-order valence-corrected chi connectivity index (χ4v) is 4.31. The molecule has 1 aliphatic heterocycles. The van der Waals surface area contributed by atoms with E-state index < -0.39 is 0 Å². The predicted molar refractivity (Wildman–Crippen MR) is 100 cm³/mol. The summed E-state index contributed by atoms with van der Waals surface area (Å²) in [7, 11) is 0. The van der Waals surface area contributed by atoms with Crippen LogP contribution in [0.5, 0.6) is 0 Å². The number of rotatable bonds is 6. The Balaban J connectivity index is 2.01. The molecule has 0 aromatic heterocycles. The van der Waals surface area contributed by atoms with E-state index in [1.54, 1.807) is 0 Å². The van der Waals surface area contributed by atoms with Crippen molar-refractivity contribution in [3.8, 4) is 0 Å². The molecule has 0 radical (unpaired) electrons. The zero-order chi connectivity index (χ0) is 16.9. The topological polar surface area (TPSA) is 32.3 Å². The quantitative estimate of drug-likeness (QED) is 0.829. The standard InChI is InChI=1S/C22H29NO/c1-16(2)22-21(18-12-7-4-8-13-18)20(17-10-5-3-6-11-17)19(23-22)14-9-15-24/h3-8,10-13,16,19-24H,9,14-15H2,1-2H3/t19-,20-,21+,22+/m0/s1. The van der Waals surface area contributed by atoms with E-state index in [1.807, 2.05) is 0 Å². The third kappa shape index (κ3) is 3.55. The fraction of sp³-hybridized carbons (Fsp3) is 0.455. The van der Waals surface area contributed by atoms with Crippen LogP contribution in [0.25, 0.3) is 0 Å². The summed E-state index contributed by atoms with van der Waals surface area (Å²) in [6, 6.07) is 22.7. The van der Waals surface area contributed by atoms with Crippen molar-refractivity contribution in [2.45, 2.75) is 50.6 Å². The molecule has 24 heavy (non-hydrogen) atoms. The largest absolute Gasteiger partial charge is 0.396 e. The molecular formula is C22H29NO. The summed E-state index contributed by atoms with van der Waals surface area (Å²) in [5, 5.41) is 13.2. The Kier molecular flexibility index (Phi) is 5.70. The second-order valence-electron chi connectivity index (χ2n) is 7.28. The number of hydrogen-bond acceptors (Lipinski definition) is 2. The van der Waals surface area contributed by atoms with Gasteiger partial charge in [0.05, 0.1) is 0 Å². The van der Waals surface area contributed by atoms with Crippen LogP contribution in [0.3, 0.4) is 0 Å². The molecule has 4 atom stereocenters. The van der Waals surface area contributed by atoms with Crippen molar-refractivity contribution in [2.24, 2.45) is 5.92 Å². The molecule has 1 fully saturated rings. The number of aliphatic hydroxyl groups is 1. The summed E-state index contributed by atoms with van der Waals surface area (Å²) >= 11 is 0. The first-order valence-electron chi connectivity index (χ1n) is 9.19. The number of benzene rings is 2. The molecule has 2 nitrogen and oxygen atoms in total. The van der Waals surface area contributed by atoms with Crippen molar-refractivity contribution in [3.63, 3.8) is 0 Å². The molecule has 2 aromatic rings. The zero-order valence-corrected chi connectivity index (χ0v) is 14.7. The highest BCUT2D eigenvalue weighted by atomic mass is 16.2. The van der Waals surface area contributed by atoms with Crippen LogP contribution in [-0.4, -0.2) is 23.8 Å². The molecule has 1 aliphatic rings. The fourth-order valence-electron chi connectivity index (χ4n) is 4.31. The van der Waals surface area contributed by atoms with E-state index in [4.69, 9.17) is 0 Å². The van der Waals surface area contributed by atoms with Gasteiger partial charge in [0.2, 0.25) is 0 Å². The average molecular weight is 323 g/mol. The van der Waals surface area contributed by atoms with Gasteiger partial charge in [-0.1, -0.05) is 74.5 Å². The summed E-state index contributed by atoms with van der Waals surface area (Å²) in [5.41, 5.74) is 2.83. The second-order valence-corrected chi connectivity index (χ2v) is 7.28. The van der Waals surface area contributed by atoms with Crippen molar-refractivity contribution in [1.82, 2.24) is 5.32 Å². The van der Waals surface area contributed by atoms with Gasteiger partial charge in [-0.15, -0.1) is 0 Å². The first-order chi connectivity index (χ1) is 11.7. The molecule has 2 heteroatoms. The monoisotopic (exact) mass is 323 g/mol. The molecule has 0 unspecified atom stereocenters. The summed E-state index contributed by atoms with van der Waals surface area (Å²) in [4.78, 5) is 0. The van der Waals surface area contributed by atoms with Gasteiger partial charge in [-0.25, -0.2) is 0 Å². The molecule has 3 rings (SSSR count). The SMILES string of the molecule is CC(C)[C@H]1N[C@@H](CCCO)[C@H](c2ccccc2)[C@H]1c1ccccc1. The van der Waals surface area contributed by atoms with Gasteiger partial charge in [0.1, 0.15) is 0 Å². The molecule has 1 saturated heterocycles. The van der Waals surface area contributed by atoms with Crippen molar-refractivity contribution < 1.29 is 5.11 Å². The van der Waals surface area contributed by atoms with Gasteiger partial charge < -0.3 is 10.4 Å². The minimum Gasteiger partial charge on any atom is -0.396 e. The first-order valence-corrected chi connectivity index (χ1v) is 9.19. The van der Waals surface area contributed by atoms with E-state index in [0.717, 1.165) is 12.8 Å². The molecule has 1 heterocycles. The minimum atomic E-state index is 0.266. The van der Waals surface area contributed by atoms with Crippen molar-refractivity contribution >= 4 is 0 Å². The number of hydrogen-bond donors (Lipinski definition) is 2. The van der Waals surface area contributed by atoms with Gasteiger partial charge in [-0.2, -0.15) is 0 Å². The number of nitrogens with one attached hydrogen (secondary N) is 1. The van der Waals surface area contributed by atoms with Gasteiger partial charge in [0, 0.05) is 30.5 Å². The lowest BCUT2D eigenvalue weighted by Crippen LogP contribution is -2.35. The maximum absolute atomic E-state index is 9.31. The van der Waals surface area contributed by atoms with Crippen LogP contribution in [0.2, 0.25) is 0 Å². The third-order valence-corrected chi connectivity index (χ3v) is 5.37. The Morgan fingerprint density at radius 2 is 1.42 bits per heavy atom. The Labute approximate surface area is 145 Å². The Morgan fingerprint density at radius 1 is 0.875 bits per heavy atom. The van der Waals surface area contributed by atoms with Crippen LogP contribution in [0.1, 0.15) is 49.7 Å². The zero-order valence-electron chi connectivity index (χ0n) is 14.7. The molecule has 2 aromatic carbocycles. The van der Waals surface area contributed by atoms with Crippen molar-refractivity contribution in [1.29, 1.82) is 0 Å². The number of aliphatic hydroxyl groups excluding tert-OH is 1. The van der Waals surface area contributed by atoms with Crippen LogP contribution in [-0.2, 0) is 0 Å². The molecule has 0 saturated carbocycles. The maximum Gasteiger partial charge on any atom is 0.0431 e. The molecule has 2 N–H and O–H groups in total. The molecule has 0 spiro atoms. The van der Waals surface area contributed by atoms with Gasteiger partial charge >= 0.3 is 0 Å². The third-order valence-electron chi connectivity index (χ3n) is 5.37. The predicted octanol–water partition coefficient (Wildman–Crippen LogP) is 4.32. The lowest BCUT2D eigenvalue weighted by molar-refractivity contribution is 0.273. The van der Waals surface area contributed by atoms with Crippen LogP contribution < -0.4 is 5.32 Å². The first kappa shape index (κ1) is 17.2. The van der Waals surface area contributed by atoms with Crippen LogP contribution in [0, 0.1) is 5.92 Å². The molecule has 0 amide bonds. The summed E-state index contributed by atoms with van der Waals surface area (Å²) in [6.45, 7) is 4.89. The molecule has 0 aliphatic carbocycles. The molecule has 0 bridgehead atoms. The Morgan fingerprint density at radius 3 is 1.92 bits per heavy atom. The van der Waals surface area contributed by atoms with Crippen molar-refractivity contribution in [3.05, 3.63) is 71.8 Å². The highest BCUT2D eigenvalue weighted by Crippen LogP contribution is 2.46. The van der Waals surface area contributed by atoms with E-state index in [1.165, 1.54) is 11.1 Å². The van der Waals surface area contributed by atoms with E-state index in [9.17, 15) is 5.11 Å². The van der Waals surface area contributed by atoms with E-state index in [-0.39, 0.29) is 6.61 Å². The second kappa shape index (κ2) is 7.96. The van der Waals surface area contributed by atoms with Crippen LogP contribution in [0.15, 0.2) is 60.7 Å². The van der Waals surface area contributed by atoms with Gasteiger partial charge in [-0.05, 0) is 29.9 Å². The van der Waals surface area contributed by atoms with E-state index >= 15 is 0 Å². The van der Waals surface area contributed by atoms with Gasteiger partial charge in [-0.3, -0.25) is 0 Å². The van der Waals surface area contributed by atoms with Crippen molar-refractivity contribution in [2.75, 3.05) is 6.61 Å². The molecule has 128 valence electrons. The van der Waals surface area contributed by atoms with Crippen LogP contribution >= 0.6 is 0 Å². The van der Waals surface area contributed by atoms with E-state index in [2.05, 4.69) is 79.8 Å². The maximum atomic E-state index is 9.31. The summed E-state index contributed by atoms with van der Waals surface area (Å²) in [6.07, 6.45) is 1.87. The van der Waals surface area contributed by atoms with Crippen LogP contribution in [0.4, 0.5) is 0 Å². The minimum absolute atomic E-state index is 0.266. The highest BCUT2D eigenvalue weighted by molar-refractivity contribution is 5.34. The lowest BCUT2D eigenvalue weighted by atomic mass is 9.75. The highest BCUT2D eigenvalue weighted by Gasteiger charge is 2.44. The normalized spacial score (nSPS) is 26.8. The van der Waals surface area contributed by atoms with E-state index in [0.29, 0.717) is 29.8 Å². The molecular weight excluding hydrogens is 294 g/mol. The van der Waals surface area contributed by atoms with Gasteiger partial charge in [0.25, 0.3) is 0 Å².